The van der Waals surface area contributed by atoms with E-state index >= 15 is 0 Å². The first-order valence-corrected chi connectivity index (χ1v) is 10.1. The van der Waals surface area contributed by atoms with Crippen LogP contribution in [0, 0.1) is 0 Å². The minimum atomic E-state index is -3.56. The maximum atomic E-state index is 12.4. The van der Waals surface area contributed by atoms with Gasteiger partial charge in [-0.1, -0.05) is 13.8 Å². The van der Waals surface area contributed by atoms with E-state index in [0.717, 1.165) is 6.08 Å². The van der Waals surface area contributed by atoms with Crippen LogP contribution in [-0.4, -0.2) is 44.3 Å². The molecule has 1 aromatic carbocycles. The van der Waals surface area contributed by atoms with E-state index < -0.39 is 28.5 Å². The highest BCUT2D eigenvalue weighted by atomic mass is 32.2. The van der Waals surface area contributed by atoms with Gasteiger partial charge in [0.05, 0.1) is 11.2 Å². The van der Waals surface area contributed by atoms with E-state index in [1.807, 2.05) is 0 Å². The van der Waals surface area contributed by atoms with Gasteiger partial charge < -0.3 is 14.5 Å². The first-order valence-electron chi connectivity index (χ1n) is 8.65. The smallest absolute Gasteiger partial charge is 0.331 e. The monoisotopic (exact) mass is 406 g/mol. The lowest BCUT2D eigenvalue weighted by Crippen LogP contribution is -2.30. The normalized spacial score (nSPS) is 11.7. The lowest BCUT2D eigenvalue weighted by Gasteiger charge is -2.18. The van der Waals surface area contributed by atoms with Gasteiger partial charge in [0.1, 0.15) is 5.76 Å². The Balaban J connectivity index is 1.88. The molecule has 0 bridgehead atoms. The molecule has 0 saturated heterocycles. The van der Waals surface area contributed by atoms with Crippen LogP contribution in [0.4, 0.5) is 5.69 Å². The van der Waals surface area contributed by atoms with E-state index in [4.69, 9.17) is 9.15 Å². The Morgan fingerprint density at radius 2 is 1.82 bits per heavy atom. The lowest BCUT2D eigenvalue weighted by atomic mass is 10.3. The van der Waals surface area contributed by atoms with Crippen LogP contribution in [0.25, 0.3) is 6.08 Å². The predicted molar refractivity (Wildman–Crippen MR) is 104 cm³/mol. The number of anilines is 1. The van der Waals surface area contributed by atoms with E-state index in [1.165, 1.54) is 40.9 Å². The summed E-state index contributed by atoms with van der Waals surface area (Å²) in [7, 11) is -3.56. The Labute approximate surface area is 163 Å². The third kappa shape index (κ3) is 5.80. The number of amides is 1. The number of carbonyl (C=O) groups is 2. The fourth-order valence-electron chi connectivity index (χ4n) is 2.34. The first kappa shape index (κ1) is 21.4. The van der Waals surface area contributed by atoms with Crippen molar-refractivity contribution < 1.29 is 27.2 Å². The molecular weight excluding hydrogens is 384 g/mol. The van der Waals surface area contributed by atoms with E-state index in [2.05, 4.69) is 5.32 Å². The van der Waals surface area contributed by atoms with Crippen molar-refractivity contribution in [3.8, 4) is 0 Å². The summed E-state index contributed by atoms with van der Waals surface area (Å²) < 4.78 is 36.0. The molecule has 0 aliphatic carbocycles. The number of ether oxygens (including phenoxy) is 1. The second-order valence-corrected chi connectivity index (χ2v) is 7.56. The molecule has 2 aromatic rings. The summed E-state index contributed by atoms with van der Waals surface area (Å²) in [6, 6.07) is 9.14. The molecule has 1 N–H and O–H groups in total. The van der Waals surface area contributed by atoms with Crippen molar-refractivity contribution in [2.24, 2.45) is 0 Å². The van der Waals surface area contributed by atoms with Crippen LogP contribution in [0.15, 0.2) is 58.1 Å². The number of carbonyl (C=O) groups excluding carboxylic acids is 2. The van der Waals surface area contributed by atoms with Crippen molar-refractivity contribution in [1.82, 2.24) is 4.31 Å². The summed E-state index contributed by atoms with van der Waals surface area (Å²) in [4.78, 5) is 23.6. The number of nitrogens with one attached hydrogen (secondary N) is 1. The predicted octanol–water partition coefficient (Wildman–Crippen LogP) is 2.51. The Bertz CT molecular complexity index is 914. The molecule has 0 radical (unpaired) electrons. The number of rotatable bonds is 9. The number of nitrogens with zero attached hydrogens (tertiary/aromatic N) is 1. The van der Waals surface area contributed by atoms with Gasteiger partial charge in [0.25, 0.3) is 5.91 Å². The fourth-order valence-corrected chi connectivity index (χ4v) is 3.80. The minimum Gasteiger partial charge on any atom is -0.465 e. The molecule has 150 valence electrons. The quantitative estimate of drug-likeness (QED) is 0.507. The van der Waals surface area contributed by atoms with Crippen molar-refractivity contribution in [3.63, 3.8) is 0 Å². The van der Waals surface area contributed by atoms with Crippen molar-refractivity contribution in [2.45, 2.75) is 18.7 Å². The van der Waals surface area contributed by atoms with Gasteiger partial charge in [-0.2, -0.15) is 4.31 Å². The maximum absolute atomic E-state index is 12.4. The van der Waals surface area contributed by atoms with Gasteiger partial charge in [-0.25, -0.2) is 13.2 Å². The summed E-state index contributed by atoms with van der Waals surface area (Å²) in [5, 5.41) is 2.54. The van der Waals surface area contributed by atoms with Crippen LogP contribution in [-0.2, 0) is 24.3 Å². The molecule has 1 amide bonds. The van der Waals surface area contributed by atoms with Crippen LogP contribution in [0.5, 0.6) is 0 Å². The zero-order valence-electron chi connectivity index (χ0n) is 15.6. The van der Waals surface area contributed by atoms with Crippen LogP contribution < -0.4 is 5.32 Å². The molecule has 0 aliphatic heterocycles. The molecule has 0 spiro atoms. The highest BCUT2D eigenvalue weighted by Gasteiger charge is 2.21. The standard InChI is InChI=1S/C19H22N2O6S/c1-3-21(4-2)28(24,25)17-10-7-15(8-11-17)20-18(22)14-27-19(23)12-9-16-6-5-13-26-16/h5-13H,3-4,14H2,1-2H3,(H,20,22). The molecule has 0 atom stereocenters. The Morgan fingerprint density at radius 1 is 1.14 bits per heavy atom. The minimum absolute atomic E-state index is 0.142. The molecule has 0 fully saturated rings. The van der Waals surface area contributed by atoms with Gasteiger partial charge in [0.2, 0.25) is 10.0 Å². The lowest BCUT2D eigenvalue weighted by molar-refractivity contribution is -0.142. The number of hydrogen-bond donors (Lipinski definition) is 1. The summed E-state index contributed by atoms with van der Waals surface area (Å²) in [6.07, 6.45) is 4.05. The zero-order valence-corrected chi connectivity index (χ0v) is 16.4. The second-order valence-electron chi connectivity index (χ2n) is 5.62. The van der Waals surface area contributed by atoms with Crippen molar-refractivity contribution in [3.05, 3.63) is 54.5 Å². The largest absolute Gasteiger partial charge is 0.465 e. The average Bonchev–Trinajstić information content (AvgIpc) is 3.19. The second kappa shape index (κ2) is 9.86. The first-order chi connectivity index (χ1) is 13.4. The summed E-state index contributed by atoms with van der Waals surface area (Å²) in [6.45, 7) is 3.80. The maximum Gasteiger partial charge on any atom is 0.331 e. The van der Waals surface area contributed by atoms with Crippen molar-refractivity contribution >= 4 is 33.7 Å². The van der Waals surface area contributed by atoms with E-state index in [1.54, 1.807) is 26.0 Å². The number of hydrogen-bond acceptors (Lipinski definition) is 6. The van der Waals surface area contributed by atoms with Crippen molar-refractivity contribution in [2.75, 3.05) is 25.0 Å². The fraction of sp³-hybridized carbons (Fsp3) is 0.263. The Hall–Kier alpha value is -2.91. The van der Waals surface area contributed by atoms with Crippen molar-refractivity contribution in [1.29, 1.82) is 0 Å². The molecule has 8 nitrogen and oxygen atoms in total. The highest BCUT2D eigenvalue weighted by molar-refractivity contribution is 7.89. The van der Waals surface area contributed by atoms with E-state index in [-0.39, 0.29) is 4.90 Å². The number of esters is 1. The molecule has 2 rings (SSSR count). The third-order valence-electron chi connectivity index (χ3n) is 3.75. The van der Waals surface area contributed by atoms with Crippen LogP contribution in [0.2, 0.25) is 0 Å². The van der Waals surface area contributed by atoms with Gasteiger partial charge in [0, 0.05) is 24.9 Å². The van der Waals surface area contributed by atoms with Crippen LogP contribution >= 0.6 is 0 Å². The van der Waals surface area contributed by atoms with E-state index in [9.17, 15) is 18.0 Å². The average molecular weight is 406 g/mol. The van der Waals surface area contributed by atoms with Gasteiger partial charge in [0.15, 0.2) is 6.61 Å². The molecule has 0 aliphatic rings. The molecule has 0 unspecified atom stereocenters. The van der Waals surface area contributed by atoms with Crippen LogP contribution in [0.1, 0.15) is 19.6 Å². The van der Waals surface area contributed by atoms with Gasteiger partial charge in [-0.05, 0) is 42.5 Å². The molecule has 1 heterocycles. The van der Waals surface area contributed by atoms with Crippen LogP contribution in [0.3, 0.4) is 0 Å². The zero-order chi connectivity index (χ0) is 20.6. The molecule has 1 aromatic heterocycles. The molecule has 28 heavy (non-hydrogen) atoms. The number of furan rings is 1. The molecular formula is C19H22N2O6S. The molecule has 9 heteroatoms. The summed E-state index contributed by atoms with van der Waals surface area (Å²) >= 11 is 0. The SMILES string of the molecule is CCN(CC)S(=O)(=O)c1ccc(NC(=O)COC(=O)C=Cc2ccco2)cc1. The Kier molecular flexibility index (Phi) is 7.53. The van der Waals surface area contributed by atoms with Gasteiger partial charge in [-0.3, -0.25) is 4.79 Å². The third-order valence-corrected chi connectivity index (χ3v) is 5.82. The summed E-state index contributed by atoms with van der Waals surface area (Å²) in [5.41, 5.74) is 0.394. The topological polar surface area (TPSA) is 106 Å². The summed E-state index contributed by atoms with van der Waals surface area (Å²) in [5.74, 6) is -0.743. The number of benzene rings is 1. The van der Waals surface area contributed by atoms with Gasteiger partial charge >= 0.3 is 5.97 Å². The highest BCUT2D eigenvalue weighted by Crippen LogP contribution is 2.18. The van der Waals surface area contributed by atoms with E-state index in [0.29, 0.717) is 24.5 Å². The van der Waals surface area contributed by atoms with Gasteiger partial charge in [-0.15, -0.1) is 0 Å². The Morgan fingerprint density at radius 3 is 2.39 bits per heavy atom. The molecule has 0 saturated carbocycles. The number of sulfonamides is 1.